The number of methoxy groups -OCH3 is 1. The van der Waals surface area contributed by atoms with Crippen molar-refractivity contribution in [3.63, 3.8) is 0 Å². The molecule has 0 spiro atoms. The minimum atomic E-state index is -4.50. The fourth-order valence-corrected chi connectivity index (χ4v) is 4.22. The molecule has 1 unspecified atom stereocenters. The minimum absolute atomic E-state index is 0.0340. The highest BCUT2D eigenvalue weighted by Crippen LogP contribution is 2.31. The zero-order valence-electron chi connectivity index (χ0n) is 14.3. The van der Waals surface area contributed by atoms with Crippen LogP contribution in [0.2, 0.25) is 0 Å². The highest BCUT2D eigenvalue weighted by molar-refractivity contribution is 7.89. The van der Waals surface area contributed by atoms with Gasteiger partial charge < -0.3 is 9.47 Å². The third-order valence-corrected chi connectivity index (χ3v) is 6.03. The van der Waals surface area contributed by atoms with Crippen molar-refractivity contribution in [3.05, 3.63) is 48.2 Å². The quantitative estimate of drug-likeness (QED) is 0.769. The fourth-order valence-electron chi connectivity index (χ4n) is 2.73. The first-order valence-corrected chi connectivity index (χ1v) is 9.48. The van der Waals surface area contributed by atoms with Crippen LogP contribution in [0.15, 0.2) is 47.5 Å². The number of halogens is 3. The summed E-state index contributed by atoms with van der Waals surface area (Å²) in [5.41, 5.74) is -0.867. The third-order valence-electron chi connectivity index (χ3n) is 4.15. The Labute approximate surface area is 154 Å². The molecule has 0 saturated carbocycles. The first-order chi connectivity index (χ1) is 12.7. The van der Waals surface area contributed by atoms with E-state index in [1.807, 2.05) is 0 Å². The molecule has 0 radical (unpaired) electrons. The molecule has 1 atom stereocenters. The van der Waals surface area contributed by atoms with Crippen LogP contribution in [0.4, 0.5) is 13.2 Å². The molecule has 3 rings (SSSR count). The Bertz CT molecular complexity index is 901. The second-order valence-electron chi connectivity index (χ2n) is 5.95. The summed E-state index contributed by atoms with van der Waals surface area (Å²) < 4.78 is 75.4. The van der Waals surface area contributed by atoms with Crippen molar-refractivity contribution < 1.29 is 31.1 Å². The van der Waals surface area contributed by atoms with E-state index < -0.39 is 27.9 Å². The van der Waals surface area contributed by atoms with Gasteiger partial charge in [0.25, 0.3) is 0 Å². The summed E-state index contributed by atoms with van der Waals surface area (Å²) in [5.74, 6) is 0.353. The molecule has 0 N–H and O–H groups in total. The summed E-state index contributed by atoms with van der Waals surface area (Å²) in [6.07, 6.45) is -3.71. The zero-order chi connectivity index (χ0) is 19.7. The van der Waals surface area contributed by atoms with Crippen molar-refractivity contribution in [2.75, 3.05) is 20.2 Å². The molecule has 0 bridgehead atoms. The lowest BCUT2D eigenvalue weighted by Gasteiger charge is -2.17. The zero-order valence-corrected chi connectivity index (χ0v) is 15.1. The van der Waals surface area contributed by atoms with Gasteiger partial charge in [-0.25, -0.2) is 13.4 Å². The standard InChI is InChI=1S/C17H17F3N2O4S/c1-25-13-2-4-15(5-3-13)27(23,24)22-9-7-14(11-22)26-16-10-12(6-8-21-16)17(18,19)20/h2-6,8,10,14H,7,9,11H2,1H3. The number of hydrogen-bond donors (Lipinski definition) is 0. The number of aromatic nitrogens is 1. The molecule has 146 valence electrons. The predicted molar refractivity (Wildman–Crippen MR) is 90.0 cm³/mol. The predicted octanol–water partition coefficient (Wildman–Crippen LogP) is 2.95. The Morgan fingerprint density at radius 1 is 1.19 bits per heavy atom. The maximum Gasteiger partial charge on any atom is 0.416 e. The van der Waals surface area contributed by atoms with Gasteiger partial charge in [0.05, 0.1) is 24.1 Å². The van der Waals surface area contributed by atoms with Crippen molar-refractivity contribution in [1.29, 1.82) is 0 Å². The molecule has 10 heteroatoms. The van der Waals surface area contributed by atoms with Gasteiger partial charge in [0.1, 0.15) is 11.9 Å². The first-order valence-electron chi connectivity index (χ1n) is 8.04. The maximum absolute atomic E-state index is 12.8. The van der Waals surface area contributed by atoms with Crippen LogP contribution in [0.5, 0.6) is 11.6 Å². The largest absolute Gasteiger partial charge is 0.497 e. The number of hydrogen-bond acceptors (Lipinski definition) is 5. The lowest BCUT2D eigenvalue weighted by molar-refractivity contribution is -0.137. The van der Waals surface area contributed by atoms with E-state index in [-0.39, 0.29) is 23.9 Å². The van der Waals surface area contributed by atoms with Crippen molar-refractivity contribution in [2.24, 2.45) is 0 Å². The molecule has 27 heavy (non-hydrogen) atoms. The van der Waals surface area contributed by atoms with Gasteiger partial charge in [0, 0.05) is 18.8 Å². The van der Waals surface area contributed by atoms with E-state index in [4.69, 9.17) is 9.47 Å². The van der Waals surface area contributed by atoms with Crippen molar-refractivity contribution in [1.82, 2.24) is 9.29 Å². The number of benzene rings is 1. The van der Waals surface area contributed by atoms with Gasteiger partial charge >= 0.3 is 6.18 Å². The van der Waals surface area contributed by atoms with Gasteiger partial charge in [-0.3, -0.25) is 0 Å². The highest BCUT2D eigenvalue weighted by Gasteiger charge is 2.35. The van der Waals surface area contributed by atoms with E-state index in [1.165, 1.54) is 23.5 Å². The van der Waals surface area contributed by atoms with Crippen LogP contribution in [0, 0.1) is 0 Å². The van der Waals surface area contributed by atoms with Gasteiger partial charge in [-0.1, -0.05) is 0 Å². The summed E-state index contributed by atoms with van der Waals surface area (Å²) in [6.45, 7) is 0.240. The molecule has 0 aliphatic carbocycles. The second kappa shape index (κ2) is 7.35. The Balaban J connectivity index is 1.69. The van der Waals surface area contributed by atoms with E-state index >= 15 is 0 Å². The van der Waals surface area contributed by atoms with Crippen LogP contribution >= 0.6 is 0 Å². The maximum atomic E-state index is 12.8. The number of sulfonamides is 1. The average molecular weight is 402 g/mol. The van der Waals surface area contributed by atoms with Crippen LogP contribution < -0.4 is 9.47 Å². The molecule has 1 aliphatic rings. The van der Waals surface area contributed by atoms with E-state index in [1.54, 1.807) is 12.1 Å². The van der Waals surface area contributed by atoms with Gasteiger partial charge in [-0.15, -0.1) is 0 Å². The van der Waals surface area contributed by atoms with Crippen molar-refractivity contribution in [3.8, 4) is 11.6 Å². The summed E-state index contributed by atoms with van der Waals surface area (Å²) in [4.78, 5) is 3.89. The van der Waals surface area contributed by atoms with E-state index in [0.29, 0.717) is 12.2 Å². The van der Waals surface area contributed by atoms with Crippen LogP contribution in [0.25, 0.3) is 0 Å². The monoisotopic (exact) mass is 402 g/mol. The Kier molecular flexibility index (Phi) is 5.29. The van der Waals surface area contributed by atoms with Crippen LogP contribution in [0.3, 0.4) is 0 Å². The number of rotatable bonds is 5. The summed E-state index contributed by atoms with van der Waals surface area (Å²) in [7, 11) is -2.24. The molecule has 1 saturated heterocycles. The Hall–Kier alpha value is -2.33. The normalized spacial score (nSPS) is 18.4. The number of alkyl halides is 3. The van der Waals surface area contributed by atoms with Crippen molar-refractivity contribution in [2.45, 2.75) is 23.6 Å². The van der Waals surface area contributed by atoms with E-state index in [2.05, 4.69) is 4.98 Å². The van der Waals surface area contributed by atoms with Crippen LogP contribution in [-0.4, -0.2) is 44.0 Å². The number of pyridine rings is 1. The minimum Gasteiger partial charge on any atom is -0.497 e. The molecular formula is C17H17F3N2O4S. The molecule has 1 fully saturated rings. The smallest absolute Gasteiger partial charge is 0.416 e. The molecule has 2 aromatic rings. The number of ether oxygens (including phenoxy) is 2. The van der Waals surface area contributed by atoms with E-state index in [9.17, 15) is 21.6 Å². The highest BCUT2D eigenvalue weighted by atomic mass is 32.2. The molecule has 6 nitrogen and oxygen atoms in total. The number of nitrogens with zero attached hydrogens (tertiary/aromatic N) is 2. The van der Waals surface area contributed by atoms with Gasteiger partial charge in [-0.05, 0) is 36.8 Å². The van der Waals surface area contributed by atoms with Crippen LogP contribution in [-0.2, 0) is 16.2 Å². The Morgan fingerprint density at radius 3 is 2.52 bits per heavy atom. The summed E-state index contributed by atoms with van der Waals surface area (Å²) in [5, 5.41) is 0. The first kappa shape index (κ1) is 19.4. The van der Waals surface area contributed by atoms with Gasteiger partial charge in [-0.2, -0.15) is 17.5 Å². The molecule has 1 aliphatic heterocycles. The second-order valence-corrected chi connectivity index (χ2v) is 7.89. The lowest BCUT2D eigenvalue weighted by atomic mass is 10.2. The molecule has 0 amide bonds. The molecule has 2 heterocycles. The van der Waals surface area contributed by atoms with Crippen LogP contribution in [0.1, 0.15) is 12.0 Å². The lowest BCUT2D eigenvalue weighted by Crippen LogP contribution is -2.31. The van der Waals surface area contributed by atoms with Gasteiger partial charge in [0.2, 0.25) is 15.9 Å². The molecule has 1 aromatic carbocycles. The summed E-state index contributed by atoms with van der Waals surface area (Å²) >= 11 is 0. The Morgan fingerprint density at radius 2 is 1.89 bits per heavy atom. The van der Waals surface area contributed by atoms with Crippen molar-refractivity contribution >= 4 is 10.0 Å². The summed E-state index contributed by atoms with van der Waals surface area (Å²) in [6, 6.07) is 7.63. The average Bonchev–Trinajstić information content (AvgIpc) is 3.10. The molecular weight excluding hydrogens is 385 g/mol. The van der Waals surface area contributed by atoms with Gasteiger partial charge in [0.15, 0.2) is 0 Å². The molecule has 1 aromatic heterocycles. The fraction of sp³-hybridized carbons (Fsp3) is 0.353. The third kappa shape index (κ3) is 4.33. The SMILES string of the molecule is COc1ccc(S(=O)(=O)N2CCC(Oc3cc(C(F)(F)F)ccn3)C2)cc1. The van der Waals surface area contributed by atoms with E-state index in [0.717, 1.165) is 18.3 Å². The topological polar surface area (TPSA) is 68.7 Å².